The molecule has 3 saturated heterocycles. The number of benzene rings is 1. The van der Waals surface area contributed by atoms with Gasteiger partial charge in [-0.05, 0) is 108 Å². The Bertz CT molecular complexity index is 719. The second kappa shape index (κ2) is 8.03. The third kappa shape index (κ3) is 3.63. The summed E-state index contributed by atoms with van der Waals surface area (Å²) in [4.78, 5) is 18.2. The average molecular weight is 396 g/mol. The summed E-state index contributed by atoms with van der Waals surface area (Å²) in [5, 5.41) is 3.42. The summed E-state index contributed by atoms with van der Waals surface area (Å²) >= 11 is 0. The van der Waals surface area contributed by atoms with E-state index in [2.05, 4.69) is 46.3 Å². The van der Waals surface area contributed by atoms with Gasteiger partial charge in [0.05, 0.1) is 5.41 Å². The van der Waals surface area contributed by atoms with Crippen LogP contribution in [0, 0.1) is 5.41 Å². The van der Waals surface area contributed by atoms with E-state index in [0.717, 1.165) is 63.1 Å². The zero-order valence-corrected chi connectivity index (χ0v) is 18.0. The molecule has 3 aliphatic heterocycles. The SMILES string of the molecule is CC1CCCN1C1CCC(c2ccc(N3CCCC4(CCNCC4)C3=O)cc2)C1. The van der Waals surface area contributed by atoms with Gasteiger partial charge in [-0.25, -0.2) is 0 Å². The van der Waals surface area contributed by atoms with E-state index in [9.17, 15) is 4.79 Å². The highest BCUT2D eigenvalue weighted by molar-refractivity contribution is 5.98. The van der Waals surface area contributed by atoms with Crippen molar-refractivity contribution < 1.29 is 4.79 Å². The van der Waals surface area contributed by atoms with Crippen LogP contribution in [0.5, 0.6) is 0 Å². The number of piperidine rings is 2. The maximum absolute atomic E-state index is 13.4. The molecule has 1 spiro atoms. The molecule has 4 aliphatic rings. The smallest absolute Gasteiger partial charge is 0.233 e. The van der Waals surface area contributed by atoms with Crippen molar-refractivity contribution in [3.8, 4) is 0 Å². The Labute approximate surface area is 176 Å². The predicted molar refractivity (Wildman–Crippen MR) is 118 cm³/mol. The van der Waals surface area contributed by atoms with E-state index in [1.54, 1.807) is 0 Å². The fourth-order valence-electron chi connectivity index (χ4n) is 6.67. The minimum Gasteiger partial charge on any atom is -0.317 e. The summed E-state index contributed by atoms with van der Waals surface area (Å²) in [5.74, 6) is 1.07. The second-order valence-corrected chi connectivity index (χ2v) is 10.1. The molecule has 0 aromatic heterocycles. The lowest BCUT2D eigenvalue weighted by Crippen LogP contribution is -2.53. The molecule has 158 valence electrons. The lowest BCUT2D eigenvalue weighted by molar-refractivity contribution is -0.132. The maximum atomic E-state index is 13.4. The molecule has 1 aromatic rings. The molecule has 1 N–H and O–H groups in total. The van der Waals surface area contributed by atoms with Crippen LogP contribution in [0.4, 0.5) is 5.69 Å². The first-order valence-electron chi connectivity index (χ1n) is 12.0. The van der Waals surface area contributed by atoms with Crippen molar-refractivity contribution in [2.45, 2.75) is 82.7 Å². The number of nitrogens with one attached hydrogen (secondary N) is 1. The standard InChI is InChI=1S/C25H37N3O/c1-19-4-2-16-27(19)23-10-7-21(18-23)20-5-8-22(9-6-20)28-17-3-11-25(24(28)29)12-14-26-15-13-25/h5-6,8-9,19,21,23,26H,2-4,7,10-18H2,1H3. The quantitative estimate of drug-likeness (QED) is 0.829. The van der Waals surface area contributed by atoms with E-state index < -0.39 is 0 Å². The lowest BCUT2D eigenvalue weighted by Gasteiger charge is -2.44. The molecule has 0 radical (unpaired) electrons. The Morgan fingerprint density at radius 2 is 1.76 bits per heavy atom. The van der Waals surface area contributed by atoms with Crippen LogP contribution in [0.2, 0.25) is 0 Å². The number of nitrogens with zero attached hydrogens (tertiary/aromatic N) is 2. The zero-order chi connectivity index (χ0) is 19.8. The highest BCUT2D eigenvalue weighted by Gasteiger charge is 2.44. The second-order valence-electron chi connectivity index (χ2n) is 10.1. The molecular formula is C25H37N3O. The van der Waals surface area contributed by atoms with Crippen molar-refractivity contribution in [2.75, 3.05) is 31.1 Å². The Balaban J connectivity index is 1.26. The van der Waals surface area contributed by atoms with E-state index >= 15 is 0 Å². The van der Waals surface area contributed by atoms with Gasteiger partial charge in [0.2, 0.25) is 5.91 Å². The normalized spacial score (nSPS) is 32.9. The molecule has 1 saturated carbocycles. The fourth-order valence-corrected chi connectivity index (χ4v) is 6.67. The summed E-state index contributed by atoms with van der Waals surface area (Å²) < 4.78 is 0. The predicted octanol–water partition coefficient (Wildman–Crippen LogP) is 4.30. The van der Waals surface area contributed by atoms with Gasteiger partial charge in [0.15, 0.2) is 0 Å². The molecule has 4 nitrogen and oxygen atoms in total. The Morgan fingerprint density at radius 1 is 0.966 bits per heavy atom. The van der Waals surface area contributed by atoms with Crippen molar-refractivity contribution in [1.29, 1.82) is 0 Å². The molecule has 1 amide bonds. The largest absolute Gasteiger partial charge is 0.317 e. The van der Waals surface area contributed by atoms with Crippen molar-refractivity contribution >= 4 is 11.6 Å². The number of hydrogen-bond donors (Lipinski definition) is 1. The van der Waals surface area contributed by atoms with Crippen LogP contribution < -0.4 is 10.2 Å². The monoisotopic (exact) mass is 395 g/mol. The number of anilines is 1. The van der Waals surface area contributed by atoms with Crippen LogP contribution in [0.1, 0.15) is 76.2 Å². The van der Waals surface area contributed by atoms with Gasteiger partial charge in [0.1, 0.15) is 0 Å². The van der Waals surface area contributed by atoms with Gasteiger partial charge < -0.3 is 10.2 Å². The minimum absolute atomic E-state index is 0.104. The van der Waals surface area contributed by atoms with Crippen LogP contribution in [0.15, 0.2) is 24.3 Å². The molecule has 3 heterocycles. The van der Waals surface area contributed by atoms with Crippen molar-refractivity contribution in [1.82, 2.24) is 10.2 Å². The van der Waals surface area contributed by atoms with Crippen molar-refractivity contribution in [3.63, 3.8) is 0 Å². The first-order chi connectivity index (χ1) is 14.2. The zero-order valence-electron chi connectivity index (χ0n) is 18.0. The topological polar surface area (TPSA) is 35.6 Å². The van der Waals surface area contributed by atoms with Crippen LogP contribution in [-0.4, -0.2) is 49.1 Å². The number of amides is 1. The van der Waals surface area contributed by atoms with Crippen molar-refractivity contribution in [3.05, 3.63) is 29.8 Å². The number of carbonyl (C=O) groups is 1. The summed E-state index contributed by atoms with van der Waals surface area (Å²) in [6.45, 7) is 6.55. The fraction of sp³-hybridized carbons (Fsp3) is 0.720. The molecule has 3 unspecified atom stereocenters. The Kier molecular flexibility index (Phi) is 5.42. The third-order valence-corrected chi connectivity index (χ3v) is 8.45. The number of likely N-dealkylation sites (tertiary alicyclic amines) is 1. The van der Waals surface area contributed by atoms with Crippen LogP contribution in [0.3, 0.4) is 0 Å². The molecule has 4 heteroatoms. The van der Waals surface area contributed by atoms with Gasteiger partial charge in [-0.3, -0.25) is 9.69 Å². The van der Waals surface area contributed by atoms with Gasteiger partial charge in [-0.15, -0.1) is 0 Å². The van der Waals surface area contributed by atoms with Crippen LogP contribution >= 0.6 is 0 Å². The third-order valence-electron chi connectivity index (χ3n) is 8.45. The number of carbonyl (C=O) groups excluding carboxylic acids is 1. The molecule has 0 bridgehead atoms. The molecule has 1 aromatic carbocycles. The van der Waals surface area contributed by atoms with E-state index in [0.29, 0.717) is 11.8 Å². The van der Waals surface area contributed by atoms with Crippen molar-refractivity contribution in [2.24, 2.45) is 5.41 Å². The minimum atomic E-state index is -0.104. The van der Waals surface area contributed by atoms with Gasteiger partial charge in [-0.2, -0.15) is 0 Å². The van der Waals surface area contributed by atoms with E-state index in [1.165, 1.54) is 44.2 Å². The number of hydrogen-bond acceptors (Lipinski definition) is 3. The molecule has 4 fully saturated rings. The van der Waals surface area contributed by atoms with E-state index in [1.807, 2.05) is 0 Å². The average Bonchev–Trinajstić information content (AvgIpc) is 3.40. The first-order valence-corrected chi connectivity index (χ1v) is 12.0. The van der Waals surface area contributed by atoms with Gasteiger partial charge in [0, 0.05) is 24.3 Å². The molecular weight excluding hydrogens is 358 g/mol. The van der Waals surface area contributed by atoms with Crippen LogP contribution in [0.25, 0.3) is 0 Å². The number of rotatable bonds is 3. The highest BCUT2D eigenvalue weighted by Crippen LogP contribution is 2.42. The highest BCUT2D eigenvalue weighted by atomic mass is 16.2. The molecule has 3 atom stereocenters. The Morgan fingerprint density at radius 3 is 2.48 bits per heavy atom. The molecule has 1 aliphatic carbocycles. The summed E-state index contributed by atoms with van der Waals surface area (Å²) in [6, 6.07) is 10.6. The van der Waals surface area contributed by atoms with Crippen LogP contribution in [-0.2, 0) is 4.79 Å². The molecule has 5 rings (SSSR count). The summed E-state index contributed by atoms with van der Waals surface area (Å²) in [7, 11) is 0. The Hall–Kier alpha value is -1.39. The van der Waals surface area contributed by atoms with E-state index in [4.69, 9.17) is 0 Å². The molecule has 29 heavy (non-hydrogen) atoms. The van der Waals surface area contributed by atoms with E-state index in [-0.39, 0.29) is 5.41 Å². The lowest BCUT2D eigenvalue weighted by atomic mass is 9.72. The van der Waals surface area contributed by atoms with Gasteiger partial charge in [-0.1, -0.05) is 12.1 Å². The van der Waals surface area contributed by atoms with Gasteiger partial charge >= 0.3 is 0 Å². The maximum Gasteiger partial charge on any atom is 0.233 e. The summed E-state index contributed by atoms with van der Waals surface area (Å²) in [6.07, 6.45) is 10.9. The first kappa shape index (κ1) is 19.6. The van der Waals surface area contributed by atoms with Gasteiger partial charge in [0.25, 0.3) is 0 Å². The summed E-state index contributed by atoms with van der Waals surface area (Å²) in [5.41, 5.74) is 2.48.